The van der Waals surface area contributed by atoms with Gasteiger partial charge in [0.15, 0.2) is 0 Å². The van der Waals surface area contributed by atoms with Crippen molar-refractivity contribution < 1.29 is 4.79 Å². The minimum atomic E-state index is -2.31. The highest BCUT2D eigenvalue weighted by molar-refractivity contribution is 8.00. The molecule has 3 aliphatic rings. The lowest BCUT2D eigenvalue weighted by atomic mass is 9.76. The quantitative estimate of drug-likeness (QED) is 0.798. The van der Waals surface area contributed by atoms with E-state index < -0.39 is 9.60 Å². The zero-order chi connectivity index (χ0) is 17.9. The molecule has 0 radical (unpaired) electrons. The van der Waals surface area contributed by atoms with Crippen LogP contribution in [0.25, 0.3) is 0 Å². The van der Waals surface area contributed by atoms with E-state index in [2.05, 4.69) is 26.7 Å². The summed E-state index contributed by atoms with van der Waals surface area (Å²) >= 11 is 0. The Morgan fingerprint density at radius 2 is 1.92 bits per heavy atom. The van der Waals surface area contributed by atoms with Crippen molar-refractivity contribution in [3.63, 3.8) is 0 Å². The number of urea groups is 1. The molecular formula is C19H23N5OS. The van der Waals surface area contributed by atoms with Crippen LogP contribution in [0.1, 0.15) is 40.8 Å². The van der Waals surface area contributed by atoms with Crippen molar-refractivity contribution in [3.05, 3.63) is 40.2 Å². The van der Waals surface area contributed by atoms with E-state index in [9.17, 15) is 4.79 Å². The first kappa shape index (κ1) is 16.1. The monoisotopic (exact) mass is 369 g/mol. The molecule has 0 spiro atoms. The van der Waals surface area contributed by atoms with Gasteiger partial charge in [0.1, 0.15) is 0 Å². The van der Waals surface area contributed by atoms with Crippen LogP contribution in [0.2, 0.25) is 0 Å². The van der Waals surface area contributed by atoms with Crippen molar-refractivity contribution in [3.8, 4) is 0 Å². The average Bonchev–Trinajstić information content (AvgIpc) is 2.96. The van der Waals surface area contributed by atoms with Crippen LogP contribution in [0.15, 0.2) is 21.5 Å². The predicted molar refractivity (Wildman–Crippen MR) is 105 cm³/mol. The highest BCUT2D eigenvalue weighted by Gasteiger charge is 2.28. The smallest absolute Gasteiger partial charge is 0.305 e. The lowest BCUT2D eigenvalue weighted by molar-refractivity contribution is 0.260. The molecule has 136 valence electrons. The van der Waals surface area contributed by atoms with Crippen LogP contribution in [0.5, 0.6) is 0 Å². The average molecular weight is 369 g/mol. The van der Waals surface area contributed by atoms with Crippen LogP contribution in [0.4, 0.5) is 10.5 Å². The summed E-state index contributed by atoms with van der Waals surface area (Å²) in [4.78, 5) is 13.5. The van der Waals surface area contributed by atoms with E-state index in [-0.39, 0.29) is 6.03 Å². The van der Waals surface area contributed by atoms with Gasteiger partial charge in [-0.05, 0) is 82.7 Å². The van der Waals surface area contributed by atoms with Gasteiger partial charge >= 0.3 is 6.03 Å². The van der Waals surface area contributed by atoms with Crippen molar-refractivity contribution in [2.75, 3.05) is 5.32 Å². The maximum absolute atomic E-state index is 12.7. The number of benzene rings is 1. The van der Waals surface area contributed by atoms with Crippen LogP contribution in [-0.2, 0) is 48.2 Å². The molecule has 2 heterocycles. The molecular weight excluding hydrogens is 346 g/mol. The molecule has 5 rings (SSSR count). The van der Waals surface area contributed by atoms with Gasteiger partial charge in [-0.3, -0.25) is 9.82 Å². The Labute approximate surface area is 153 Å². The summed E-state index contributed by atoms with van der Waals surface area (Å²) in [5, 5.41) is 13.9. The van der Waals surface area contributed by atoms with Crippen LogP contribution < -0.4 is 10.5 Å². The van der Waals surface area contributed by atoms with Crippen LogP contribution >= 0.6 is 0 Å². The fourth-order valence-electron chi connectivity index (χ4n) is 4.24. The number of anilines is 1. The second-order valence-electron chi connectivity index (χ2n) is 7.44. The third kappa shape index (κ3) is 2.41. The van der Waals surface area contributed by atoms with Gasteiger partial charge in [-0.2, -0.15) is 9.46 Å². The van der Waals surface area contributed by atoms with E-state index >= 15 is 0 Å². The van der Waals surface area contributed by atoms with Gasteiger partial charge in [-0.15, -0.1) is 0 Å². The van der Waals surface area contributed by atoms with Crippen LogP contribution in [-0.4, -0.2) is 21.7 Å². The molecule has 1 aromatic heterocycles. The minimum absolute atomic E-state index is 0.386. The Kier molecular flexibility index (Phi) is 3.52. The van der Waals surface area contributed by atoms with Gasteiger partial charge in [0, 0.05) is 12.2 Å². The number of fused-ring (bicyclic) bond motifs is 3. The molecule has 1 unspecified atom stereocenters. The molecule has 1 aliphatic heterocycles. The molecule has 2 aromatic rings. The van der Waals surface area contributed by atoms with E-state index in [0.717, 1.165) is 67.8 Å². The molecule has 7 heteroatoms. The van der Waals surface area contributed by atoms with Gasteiger partial charge in [-0.1, -0.05) is 6.07 Å². The topological polar surface area (TPSA) is 85.3 Å². The Bertz CT molecular complexity index is 1030. The number of hydrogen-bond acceptors (Lipinski definition) is 2. The number of hydrogen-bond donors (Lipinski definition) is 2. The lowest BCUT2D eigenvalue weighted by Crippen LogP contribution is -2.25. The number of carbonyl (C=O) groups is 1. The van der Waals surface area contributed by atoms with Gasteiger partial charge < -0.3 is 5.32 Å². The molecule has 1 aromatic carbocycles. The molecule has 26 heavy (non-hydrogen) atoms. The fraction of sp³-hybridized carbons (Fsp3) is 0.421. The zero-order valence-electron chi connectivity index (χ0n) is 14.8. The number of nitrogens with one attached hydrogen (secondary N) is 1. The summed E-state index contributed by atoms with van der Waals surface area (Å²) in [5.41, 5.74) is 7.35. The third-order valence-electron chi connectivity index (χ3n) is 5.82. The second-order valence-corrected chi connectivity index (χ2v) is 9.57. The molecule has 2 amide bonds. The number of carbonyl (C=O) groups excluding carboxylic acids is 1. The number of nitrogens with two attached hydrogens (primary N) is 1. The molecule has 3 N–H and O–H groups in total. The van der Waals surface area contributed by atoms with Crippen LogP contribution in [0.3, 0.4) is 0 Å². The number of nitrogens with zero attached hydrogens (tertiary/aromatic N) is 3. The summed E-state index contributed by atoms with van der Waals surface area (Å²) in [6, 6.07) is 1.91. The molecule has 2 aliphatic carbocycles. The highest BCUT2D eigenvalue weighted by Crippen LogP contribution is 2.40. The van der Waals surface area contributed by atoms with E-state index in [1.54, 1.807) is 6.20 Å². The molecule has 1 atom stereocenters. The molecule has 0 saturated carbocycles. The first-order valence-electron chi connectivity index (χ1n) is 9.22. The fourth-order valence-corrected chi connectivity index (χ4v) is 5.52. The van der Waals surface area contributed by atoms with Gasteiger partial charge in [-0.25, -0.2) is 4.79 Å². The van der Waals surface area contributed by atoms with E-state index in [0.29, 0.717) is 0 Å². The molecule has 0 bridgehead atoms. The van der Waals surface area contributed by atoms with Crippen molar-refractivity contribution in [2.45, 2.75) is 56.4 Å². The number of rotatable bonds is 2. The molecule has 0 saturated heterocycles. The SMILES string of the molecule is C=S(N)(=NC(=O)Nc1c2c(cc3c1CC3)CC2)c1cnn2c1CCCC2. The first-order chi connectivity index (χ1) is 12.5. The van der Waals surface area contributed by atoms with Crippen molar-refractivity contribution in [2.24, 2.45) is 9.50 Å². The maximum atomic E-state index is 12.7. The Hall–Kier alpha value is -2.12. The van der Waals surface area contributed by atoms with Gasteiger partial charge in [0.25, 0.3) is 0 Å². The van der Waals surface area contributed by atoms with Crippen LogP contribution in [0, 0.1) is 0 Å². The standard InChI is InChI=1S/C19H23N5OS/c1-26(20,17-11-21-24-9-3-2-4-16(17)24)23-19(25)22-18-14-7-5-12(14)10-13-6-8-15(13)18/h10-11H,1-9H2,(H3,20,22,23,25). The molecule has 0 fully saturated rings. The summed E-state index contributed by atoms with van der Waals surface area (Å²) in [7, 11) is -2.31. The Balaban J connectivity index is 1.47. The van der Waals surface area contributed by atoms with E-state index in [1.165, 1.54) is 22.3 Å². The van der Waals surface area contributed by atoms with Crippen molar-refractivity contribution in [1.29, 1.82) is 0 Å². The number of amides is 2. The Morgan fingerprint density at radius 1 is 1.19 bits per heavy atom. The first-order valence-corrected chi connectivity index (χ1v) is 11.0. The summed E-state index contributed by atoms with van der Waals surface area (Å²) in [6.07, 6.45) is 9.18. The third-order valence-corrected chi connectivity index (χ3v) is 7.41. The maximum Gasteiger partial charge on any atom is 0.352 e. The zero-order valence-corrected chi connectivity index (χ0v) is 15.6. The van der Waals surface area contributed by atoms with E-state index in [1.807, 2.05) is 4.68 Å². The normalized spacial score (nSPS) is 19.1. The van der Waals surface area contributed by atoms with E-state index in [4.69, 9.17) is 5.14 Å². The lowest BCUT2D eigenvalue weighted by Gasteiger charge is -2.31. The summed E-state index contributed by atoms with van der Waals surface area (Å²) in [5.74, 6) is 4.09. The number of aromatic nitrogens is 2. The Morgan fingerprint density at radius 3 is 2.58 bits per heavy atom. The number of aryl methyl sites for hydroxylation is 3. The van der Waals surface area contributed by atoms with Crippen molar-refractivity contribution >= 4 is 27.2 Å². The second kappa shape index (κ2) is 5.69. The van der Waals surface area contributed by atoms with Gasteiger partial charge in [0.2, 0.25) is 0 Å². The highest BCUT2D eigenvalue weighted by atomic mass is 32.2. The van der Waals surface area contributed by atoms with Gasteiger partial charge in [0.05, 0.1) is 16.8 Å². The predicted octanol–water partition coefficient (Wildman–Crippen LogP) is 2.65. The molecule has 6 nitrogen and oxygen atoms in total. The van der Waals surface area contributed by atoms with Crippen molar-refractivity contribution in [1.82, 2.24) is 9.78 Å². The summed E-state index contributed by atoms with van der Waals surface area (Å²) < 4.78 is 6.27. The minimum Gasteiger partial charge on any atom is -0.305 e. The summed E-state index contributed by atoms with van der Waals surface area (Å²) in [6.45, 7) is 0.902. The largest absolute Gasteiger partial charge is 0.352 e.